The van der Waals surface area contributed by atoms with Crippen LogP contribution in [0.25, 0.3) is 11.2 Å². The molecule has 0 saturated heterocycles. The fraction of sp³-hybridized carbons (Fsp3) is 0.0417. The number of hydrogen-bond acceptors (Lipinski definition) is 4. The van der Waals surface area contributed by atoms with Crippen LogP contribution < -0.4 is 11.3 Å². The van der Waals surface area contributed by atoms with Gasteiger partial charge in [0, 0.05) is 0 Å². The highest BCUT2D eigenvalue weighted by Crippen LogP contribution is 2.41. The van der Waals surface area contributed by atoms with Crippen molar-refractivity contribution in [1.29, 1.82) is 0 Å². The Morgan fingerprint density at radius 2 is 1.23 bits per heavy atom. The largest absolute Gasteiger partial charge is 0.369 e. The molecule has 0 spiro atoms. The summed E-state index contributed by atoms with van der Waals surface area (Å²) < 4.78 is 1.56. The number of aromatic amines is 1. The summed E-state index contributed by atoms with van der Waals surface area (Å²) >= 11 is 0. The maximum absolute atomic E-state index is 13.7. The first-order valence-electron chi connectivity index (χ1n) is 9.61. The molecule has 0 aliphatic rings. The third kappa shape index (κ3) is 2.54. The lowest BCUT2D eigenvalue weighted by Crippen LogP contribution is -2.45. The van der Waals surface area contributed by atoms with E-state index in [1.54, 1.807) is 4.57 Å². The standard InChI is InChI=1S/C24H19N5O/c25-23-28-21-20(26-16-27-21)22(30)29(23)24(17-10-4-1-5-11-17,18-12-6-2-7-13-18)19-14-8-3-9-15-19/h1-16H,(H2,25,28)(H,26,27). The highest BCUT2D eigenvalue weighted by molar-refractivity contribution is 5.71. The monoisotopic (exact) mass is 393 g/mol. The molecule has 5 aromatic rings. The van der Waals surface area contributed by atoms with Crippen LogP contribution in [-0.4, -0.2) is 19.5 Å². The molecule has 0 saturated carbocycles. The van der Waals surface area contributed by atoms with Gasteiger partial charge in [-0.2, -0.15) is 4.98 Å². The molecule has 30 heavy (non-hydrogen) atoms. The number of hydrogen-bond donors (Lipinski definition) is 2. The normalized spacial score (nSPS) is 11.6. The molecule has 146 valence electrons. The van der Waals surface area contributed by atoms with Crippen molar-refractivity contribution in [3.8, 4) is 0 Å². The van der Waals surface area contributed by atoms with Gasteiger partial charge in [-0.05, 0) is 16.7 Å². The summed E-state index contributed by atoms with van der Waals surface area (Å²) in [7, 11) is 0. The molecule has 0 atom stereocenters. The number of rotatable bonds is 4. The highest BCUT2D eigenvalue weighted by atomic mass is 16.1. The molecule has 0 aliphatic carbocycles. The maximum Gasteiger partial charge on any atom is 0.282 e. The van der Waals surface area contributed by atoms with Gasteiger partial charge in [-0.25, -0.2) is 4.98 Å². The molecule has 5 rings (SSSR count). The first-order valence-corrected chi connectivity index (χ1v) is 9.61. The molecule has 2 aromatic heterocycles. The van der Waals surface area contributed by atoms with E-state index in [0.717, 1.165) is 16.7 Å². The van der Waals surface area contributed by atoms with E-state index >= 15 is 0 Å². The van der Waals surface area contributed by atoms with Crippen LogP contribution in [0.15, 0.2) is 102 Å². The molecule has 0 unspecified atom stereocenters. The predicted molar refractivity (Wildman–Crippen MR) is 117 cm³/mol. The van der Waals surface area contributed by atoms with E-state index in [-0.39, 0.29) is 11.5 Å². The van der Waals surface area contributed by atoms with Gasteiger partial charge in [0.05, 0.1) is 6.33 Å². The Balaban J connectivity index is 2.02. The van der Waals surface area contributed by atoms with Gasteiger partial charge >= 0.3 is 0 Å². The van der Waals surface area contributed by atoms with Crippen LogP contribution in [0, 0.1) is 0 Å². The smallest absolute Gasteiger partial charge is 0.282 e. The number of nitrogens with two attached hydrogens (primary N) is 1. The number of nitrogens with zero attached hydrogens (tertiary/aromatic N) is 3. The topological polar surface area (TPSA) is 89.6 Å². The van der Waals surface area contributed by atoms with Crippen molar-refractivity contribution in [2.75, 3.05) is 5.73 Å². The van der Waals surface area contributed by atoms with Gasteiger partial charge < -0.3 is 10.7 Å². The van der Waals surface area contributed by atoms with Crippen molar-refractivity contribution in [2.45, 2.75) is 5.54 Å². The van der Waals surface area contributed by atoms with Crippen molar-refractivity contribution >= 4 is 17.1 Å². The Kier molecular flexibility index (Phi) is 4.17. The number of H-pyrrole nitrogens is 1. The zero-order chi connectivity index (χ0) is 20.6. The summed E-state index contributed by atoms with van der Waals surface area (Å²) in [5, 5.41) is 0. The number of aromatic nitrogens is 4. The van der Waals surface area contributed by atoms with Crippen LogP contribution in [0.4, 0.5) is 5.95 Å². The van der Waals surface area contributed by atoms with Crippen LogP contribution in [0.5, 0.6) is 0 Å². The Labute approximate surface area is 172 Å². The number of nitrogens with one attached hydrogen (secondary N) is 1. The molecule has 3 aromatic carbocycles. The first-order chi connectivity index (χ1) is 14.7. The van der Waals surface area contributed by atoms with Crippen LogP contribution in [0.1, 0.15) is 16.7 Å². The van der Waals surface area contributed by atoms with E-state index in [2.05, 4.69) is 15.0 Å². The van der Waals surface area contributed by atoms with Crippen LogP contribution in [0.2, 0.25) is 0 Å². The molecular formula is C24H19N5O. The molecule has 0 bridgehead atoms. The molecule has 0 aliphatic heterocycles. The summed E-state index contributed by atoms with van der Waals surface area (Å²) in [6.07, 6.45) is 1.46. The minimum atomic E-state index is -1.02. The van der Waals surface area contributed by atoms with Gasteiger partial charge in [0.25, 0.3) is 5.56 Å². The summed E-state index contributed by atoms with van der Waals surface area (Å²) in [5.41, 5.74) is 8.46. The van der Waals surface area contributed by atoms with Gasteiger partial charge in [-0.1, -0.05) is 91.0 Å². The van der Waals surface area contributed by atoms with Gasteiger partial charge in [0.1, 0.15) is 5.54 Å². The van der Waals surface area contributed by atoms with Gasteiger partial charge in [0.2, 0.25) is 5.95 Å². The SMILES string of the molecule is Nc1nc2nc[nH]c2c(=O)n1C(c1ccccc1)(c1ccccc1)c1ccccc1. The lowest BCUT2D eigenvalue weighted by atomic mass is 9.76. The zero-order valence-electron chi connectivity index (χ0n) is 16.1. The van der Waals surface area contributed by atoms with Crippen molar-refractivity contribution in [2.24, 2.45) is 0 Å². The minimum absolute atomic E-state index is 0.0937. The second kappa shape index (κ2) is 7.00. The number of nitrogen functional groups attached to an aromatic ring is 1. The Bertz CT molecular complexity index is 1260. The molecular weight excluding hydrogens is 374 g/mol. The third-order valence-electron chi connectivity index (χ3n) is 5.40. The predicted octanol–water partition coefficient (Wildman–Crippen LogP) is 3.54. The van der Waals surface area contributed by atoms with Gasteiger partial charge in [-0.15, -0.1) is 0 Å². The molecule has 0 radical (unpaired) electrons. The van der Waals surface area contributed by atoms with Gasteiger partial charge in [-0.3, -0.25) is 9.36 Å². The quantitative estimate of drug-likeness (QED) is 0.457. The van der Waals surface area contributed by atoms with Crippen molar-refractivity contribution < 1.29 is 0 Å². The van der Waals surface area contributed by atoms with Crippen LogP contribution in [-0.2, 0) is 5.54 Å². The average molecular weight is 393 g/mol. The van der Waals surface area contributed by atoms with Crippen molar-refractivity contribution in [3.05, 3.63) is 124 Å². The summed E-state index contributed by atoms with van der Waals surface area (Å²) in [4.78, 5) is 25.2. The Morgan fingerprint density at radius 3 is 1.70 bits per heavy atom. The average Bonchev–Trinajstić information content (AvgIpc) is 3.27. The number of anilines is 1. The first kappa shape index (κ1) is 17.9. The maximum atomic E-state index is 13.7. The molecule has 6 heteroatoms. The van der Waals surface area contributed by atoms with E-state index < -0.39 is 5.54 Å². The van der Waals surface area contributed by atoms with Crippen molar-refractivity contribution in [1.82, 2.24) is 19.5 Å². The van der Waals surface area contributed by atoms with Gasteiger partial charge in [0.15, 0.2) is 11.2 Å². The second-order valence-corrected chi connectivity index (χ2v) is 7.02. The molecule has 6 nitrogen and oxygen atoms in total. The fourth-order valence-electron chi connectivity index (χ4n) is 4.15. The summed E-state index contributed by atoms with van der Waals surface area (Å²) in [6.45, 7) is 0. The molecule has 3 N–H and O–H groups in total. The summed E-state index contributed by atoms with van der Waals surface area (Å²) in [6, 6.07) is 29.6. The second-order valence-electron chi connectivity index (χ2n) is 7.02. The number of imidazole rings is 1. The fourth-order valence-corrected chi connectivity index (χ4v) is 4.15. The van der Waals surface area contributed by atoms with E-state index in [1.807, 2.05) is 91.0 Å². The van der Waals surface area contributed by atoms with E-state index in [9.17, 15) is 4.79 Å². The minimum Gasteiger partial charge on any atom is -0.369 e. The van der Waals surface area contributed by atoms with E-state index in [1.165, 1.54) is 6.33 Å². The van der Waals surface area contributed by atoms with E-state index in [0.29, 0.717) is 11.2 Å². The Hall–Kier alpha value is -4.19. The van der Waals surface area contributed by atoms with Crippen LogP contribution >= 0.6 is 0 Å². The Morgan fingerprint density at radius 1 is 0.767 bits per heavy atom. The third-order valence-corrected chi connectivity index (χ3v) is 5.40. The zero-order valence-corrected chi connectivity index (χ0v) is 16.1. The summed E-state index contributed by atoms with van der Waals surface area (Å²) in [5.74, 6) is 0.0937. The molecule has 0 amide bonds. The highest BCUT2D eigenvalue weighted by Gasteiger charge is 2.41. The lowest BCUT2D eigenvalue weighted by molar-refractivity contribution is 0.502. The lowest BCUT2D eigenvalue weighted by Gasteiger charge is -2.38. The van der Waals surface area contributed by atoms with E-state index in [4.69, 9.17) is 5.73 Å². The molecule has 0 fully saturated rings. The number of benzene rings is 3. The van der Waals surface area contributed by atoms with Crippen LogP contribution in [0.3, 0.4) is 0 Å². The number of fused-ring (bicyclic) bond motifs is 1. The molecule has 2 heterocycles. The van der Waals surface area contributed by atoms with Crippen molar-refractivity contribution in [3.63, 3.8) is 0 Å².